The Kier molecular flexibility index (Phi) is 10.6. The first-order valence-corrected chi connectivity index (χ1v) is 10.9. The fourth-order valence-electron chi connectivity index (χ4n) is 2.39. The Balaban J connectivity index is 1.70. The van der Waals surface area contributed by atoms with E-state index in [0.29, 0.717) is 24.8 Å². The molecule has 1 aromatic heterocycles. The number of aromatic nitrogens is 1. The molecular formula is C19H18Cl5N5O. The lowest BCUT2D eigenvalue weighted by molar-refractivity contribution is 0.305. The summed E-state index contributed by atoms with van der Waals surface area (Å²) in [5.41, 5.74) is 0.701. The third-order valence-corrected chi connectivity index (χ3v) is 6.10. The molecule has 0 unspecified atom stereocenters. The number of ether oxygens (including phenoxy) is 1. The van der Waals surface area contributed by atoms with Crippen LogP contribution in [0.4, 0.5) is 5.69 Å². The van der Waals surface area contributed by atoms with Crippen molar-refractivity contribution in [3.05, 3.63) is 49.6 Å². The molecule has 0 saturated carbocycles. The Labute approximate surface area is 200 Å². The van der Waals surface area contributed by atoms with Crippen molar-refractivity contribution < 1.29 is 4.74 Å². The van der Waals surface area contributed by atoms with Gasteiger partial charge in [-0.15, -0.1) is 0 Å². The van der Waals surface area contributed by atoms with E-state index >= 15 is 0 Å². The van der Waals surface area contributed by atoms with E-state index in [-0.39, 0.29) is 30.9 Å². The Morgan fingerprint density at radius 3 is 2.17 bits per heavy atom. The molecule has 0 amide bonds. The number of nitriles is 1. The summed E-state index contributed by atoms with van der Waals surface area (Å²) in [5.74, 6) is 0.631. The molecule has 2 aromatic rings. The summed E-state index contributed by atoms with van der Waals surface area (Å²) in [6.07, 6.45) is 8.70. The maximum Gasteiger partial charge on any atom is 0.209 e. The van der Waals surface area contributed by atoms with Crippen LogP contribution in [0.3, 0.4) is 0 Å². The molecule has 0 saturated heterocycles. The number of benzene rings is 1. The van der Waals surface area contributed by atoms with Crippen molar-refractivity contribution in [3.63, 3.8) is 0 Å². The average Bonchev–Trinajstić information content (AvgIpc) is 2.75. The number of halogens is 5. The van der Waals surface area contributed by atoms with Crippen LogP contribution in [-0.2, 0) is 0 Å². The van der Waals surface area contributed by atoms with Crippen LogP contribution in [0.5, 0.6) is 5.75 Å². The van der Waals surface area contributed by atoms with Crippen molar-refractivity contribution in [2.45, 2.75) is 25.7 Å². The molecule has 0 aliphatic heterocycles. The summed E-state index contributed by atoms with van der Waals surface area (Å²) >= 11 is 30.3. The van der Waals surface area contributed by atoms with Gasteiger partial charge in [0.2, 0.25) is 5.96 Å². The normalized spacial score (nSPS) is 11.1. The standard InChI is InChI=1S/C19H18Cl5N5O/c20-13-14(21)16(23)18(17(24)15(13)22)30-10-4-2-1-3-7-27-19(28-11-25)29-12-5-8-26-9-6-12/h5-6,8-9H,1-4,7,10H2,(H2,26,27,28,29). The van der Waals surface area contributed by atoms with E-state index in [4.69, 9.17) is 68.0 Å². The Morgan fingerprint density at radius 1 is 0.933 bits per heavy atom. The van der Waals surface area contributed by atoms with E-state index in [0.717, 1.165) is 25.7 Å². The molecule has 0 radical (unpaired) electrons. The van der Waals surface area contributed by atoms with Gasteiger partial charge in [0.25, 0.3) is 0 Å². The number of aliphatic imine (C=N–C) groups is 1. The van der Waals surface area contributed by atoms with Gasteiger partial charge in [0.15, 0.2) is 11.9 Å². The summed E-state index contributed by atoms with van der Waals surface area (Å²) in [7, 11) is 0. The van der Waals surface area contributed by atoms with Crippen LogP contribution >= 0.6 is 58.0 Å². The second-order valence-electron chi connectivity index (χ2n) is 5.99. The highest BCUT2D eigenvalue weighted by molar-refractivity contribution is 6.55. The minimum absolute atomic E-state index is 0.103. The van der Waals surface area contributed by atoms with E-state index in [1.54, 1.807) is 24.5 Å². The van der Waals surface area contributed by atoms with Crippen LogP contribution < -0.4 is 15.4 Å². The number of hydrogen-bond acceptors (Lipinski definition) is 4. The maximum absolute atomic E-state index is 8.85. The van der Waals surface area contributed by atoms with Gasteiger partial charge in [-0.2, -0.15) is 5.26 Å². The molecule has 11 heteroatoms. The third-order valence-electron chi connectivity index (χ3n) is 3.86. The van der Waals surface area contributed by atoms with E-state index in [9.17, 15) is 0 Å². The number of hydrogen-bond donors (Lipinski definition) is 2. The van der Waals surface area contributed by atoms with Gasteiger partial charge in [-0.05, 0) is 25.0 Å². The van der Waals surface area contributed by atoms with Gasteiger partial charge >= 0.3 is 0 Å². The van der Waals surface area contributed by atoms with Gasteiger partial charge in [-0.3, -0.25) is 10.3 Å². The predicted molar refractivity (Wildman–Crippen MR) is 124 cm³/mol. The first kappa shape index (κ1) is 24.6. The van der Waals surface area contributed by atoms with Crippen molar-refractivity contribution in [2.24, 2.45) is 4.99 Å². The van der Waals surface area contributed by atoms with Gasteiger partial charge in [0, 0.05) is 18.9 Å². The average molecular weight is 510 g/mol. The summed E-state index contributed by atoms with van der Waals surface area (Å²) in [6, 6.07) is 3.50. The highest BCUT2D eigenvalue weighted by Crippen LogP contribution is 2.48. The number of nitrogens with zero attached hydrogens (tertiary/aromatic N) is 3. The van der Waals surface area contributed by atoms with Gasteiger partial charge in [0.1, 0.15) is 10.0 Å². The van der Waals surface area contributed by atoms with Gasteiger partial charge in [0.05, 0.1) is 27.4 Å². The van der Waals surface area contributed by atoms with Crippen molar-refractivity contribution >= 4 is 69.7 Å². The largest absolute Gasteiger partial charge is 0.490 e. The monoisotopic (exact) mass is 507 g/mol. The molecule has 30 heavy (non-hydrogen) atoms. The van der Waals surface area contributed by atoms with Gasteiger partial charge in [-0.1, -0.05) is 70.8 Å². The quantitative estimate of drug-likeness (QED) is 0.0754. The minimum atomic E-state index is 0.103. The van der Waals surface area contributed by atoms with Crippen LogP contribution in [0.1, 0.15) is 25.7 Å². The molecule has 160 valence electrons. The smallest absolute Gasteiger partial charge is 0.209 e. The number of pyridine rings is 1. The lowest BCUT2D eigenvalue weighted by Crippen LogP contribution is -2.34. The Hall–Kier alpha value is -1.62. The second kappa shape index (κ2) is 12.9. The van der Waals surface area contributed by atoms with Gasteiger partial charge < -0.3 is 10.1 Å². The zero-order chi connectivity index (χ0) is 21.9. The van der Waals surface area contributed by atoms with Crippen LogP contribution in [0.15, 0.2) is 29.5 Å². The zero-order valence-electron chi connectivity index (χ0n) is 15.7. The van der Waals surface area contributed by atoms with Crippen LogP contribution in [0.25, 0.3) is 0 Å². The number of unbranched alkanes of at least 4 members (excludes halogenated alkanes) is 3. The number of nitrogens with one attached hydrogen (secondary N) is 2. The summed E-state index contributed by atoms with van der Waals surface area (Å²) in [6.45, 7) is 1.07. The molecule has 0 atom stereocenters. The molecular weight excluding hydrogens is 492 g/mol. The molecule has 2 N–H and O–H groups in total. The zero-order valence-corrected chi connectivity index (χ0v) is 19.5. The molecule has 0 spiro atoms. The van der Waals surface area contributed by atoms with Crippen molar-refractivity contribution in [3.8, 4) is 11.9 Å². The minimum Gasteiger partial charge on any atom is -0.490 e. The summed E-state index contributed by atoms with van der Waals surface area (Å²) in [5, 5.41) is 15.1. The van der Waals surface area contributed by atoms with Crippen molar-refractivity contribution in [1.82, 2.24) is 15.6 Å². The number of rotatable bonds is 9. The molecule has 1 aromatic carbocycles. The maximum atomic E-state index is 8.85. The van der Waals surface area contributed by atoms with Gasteiger partial charge in [-0.25, -0.2) is 4.99 Å². The van der Waals surface area contributed by atoms with E-state index in [1.165, 1.54) is 0 Å². The van der Waals surface area contributed by atoms with Crippen molar-refractivity contribution in [1.29, 1.82) is 5.26 Å². The SMILES string of the molecule is N#CNC(=Nc1ccncc1)NCCCCCCOc1c(Cl)c(Cl)c(Cl)c(Cl)c1Cl. The van der Waals surface area contributed by atoms with E-state index < -0.39 is 0 Å². The van der Waals surface area contributed by atoms with Crippen LogP contribution in [0.2, 0.25) is 25.1 Å². The van der Waals surface area contributed by atoms with Crippen LogP contribution in [-0.4, -0.2) is 24.1 Å². The summed E-state index contributed by atoms with van der Waals surface area (Å²) < 4.78 is 5.65. The molecule has 6 nitrogen and oxygen atoms in total. The highest BCUT2D eigenvalue weighted by atomic mass is 35.5. The second-order valence-corrected chi connectivity index (χ2v) is 7.88. The Bertz CT molecular complexity index is 889. The van der Waals surface area contributed by atoms with Crippen molar-refractivity contribution in [2.75, 3.05) is 13.2 Å². The lowest BCUT2D eigenvalue weighted by atomic mass is 10.2. The third kappa shape index (κ3) is 7.26. The van der Waals surface area contributed by atoms with E-state index in [1.807, 2.05) is 6.19 Å². The topological polar surface area (TPSA) is 82.3 Å². The fourth-order valence-corrected chi connectivity index (χ4v) is 3.62. The highest BCUT2D eigenvalue weighted by Gasteiger charge is 2.20. The predicted octanol–water partition coefficient (Wildman–Crippen LogP) is 6.64. The first-order valence-electron chi connectivity index (χ1n) is 8.97. The first-order chi connectivity index (χ1) is 14.5. The molecule has 1 heterocycles. The molecule has 2 rings (SSSR count). The Morgan fingerprint density at radius 2 is 1.53 bits per heavy atom. The molecule has 0 aliphatic carbocycles. The van der Waals surface area contributed by atoms with E-state index in [2.05, 4.69) is 20.6 Å². The van der Waals surface area contributed by atoms with Crippen LogP contribution in [0, 0.1) is 11.5 Å². The summed E-state index contributed by atoms with van der Waals surface area (Å²) in [4.78, 5) is 8.25. The number of guanidine groups is 1. The fraction of sp³-hybridized carbons (Fsp3) is 0.316. The lowest BCUT2D eigenvalue weighted by Gasteiger charge is -2.13. The molecule has 0 aliphatic rings. The molecule has 0 bridgehead atoms. The molecule has 0 fully saturated rings.